The molecule has 0 heterocycles. The van der Waals surface area contributed by atoms with Crippen LogP contribution in [0.25, 0.3) is 0 Å². The Labute approximate surface area is 191 Å². The van der Waals surface area contributed by atoms with Gasteiger partial charge in [0.05, 0.1) is 0 Å². The van der Waals surface area contributed by atoms with Crippen LogP contribution in [-0.2, 0) is 0 Å². The predicted molar refractivity (Wildman–Crippen MR) is 136 cm³/mol. The Balaban J connectivity index is 3.16. The highest BCUT2D eigenvalue weighted by molar-refractivity contribution is 4.66. The summed E-state index contributed by atoms with van der Waals surface area (Å²) < 4.78 is 0. The minimum Gasteiger partial charge on any atom is -0.379 e. The van der Waals surface area contributed by atoms with Crippen molar-refractivity contribution in [3.63, 3.8) is 0 Å². The largest absolute Gasteiger partial charge is 0.379 e. The third kappa shape index (κ3) is 22.6. The van der Waals surface area contributed by atoms with Crippen molar-refractivity contribution in [2.24, 2.45) is 0 Å². The molecule has 0 amide bonds. The van der Waals surface area contributed by atoms with Crippen LogP contribution in [0.4, 0.5) is 0 Å². The normalized spacial score (nSPS) is 13.6. The van der Waals surface area contributed by atoms with Crippen molar-refractivity contribution >= 4 is 0 Å². The molecule has 0 saturated carbocycles. The first-order valence-electron chi connectivity index (χ1n) is 14.2. The second-order valence-corrected chi connectivity index (χ2v) is 9.70. The number of rotatable bonds is 25. The maximum Gasteiger partial charge on any atom is 0.104 e. The second-order valence-electron chi connectivity index (χ2n) is 9.70. The van der Waals surface area contributed by atoms with Crippen LogP contribution in [0.2, 0.25) is 0 Å². The lowest BCUT2D eigenvalue weighted by Crippen LogP contribution is -2.37. The van der Waals surface area contributed by atoms with Gasteiger partial charge >= 0.3 is 0 Å². The molecule has 0 aliphatic heterocycles. The molecule has 182 valence electrons. The molecular weight excluding hydrogens is 366 g/mol. The minimum atomic E-state index is -0.319. The van der Waals surface area contributed by atoms with E-state index in [1.807, 2.05) is 6.92 Å². The molecule has 2 atom stereocenters. The highest BCUT2D eigenvalue weighted by atomic mass is 16.3. The van der Waals surface area contributed by atoms with E-state index < -0.39 is 0 Å². The van der Waals surface area contributed by atoms with Crippen molar-refractivity contribution in [1.82, 2.24) is 5.32 Å². The number of aliphatic hydroxyl groups is 1. The van der Waals surface area contributed by atoms with Crippen molar-refractivity contribution in [2.45, 2.75) is 181 Å². The summed E-state index contributed by atoms with van der Waals surface area (Å²) in [5, 5.41) is 13.0. The van der Waals surface area contributed by atoms with Crippen LogP contribution in [0.5, 0.6) is 0 Å². The number of aliphatic hydroxyl groups excluding tert-OH is 1. The van der Waals surface area contributed by atoms with Gasteiger partial charge in [-0.15, -0.1) is 0 Å². The molecule has 0 radical (unpaired) electrons. The lowest BCUT2D eigenvalue weighted by Gasteiger charge is -2.20. The average molecular weight is 426 g/mol. The van der Waals surface area contributed by atoms with Gasteiger partial charge in [-0.1, -0.05) is 149 Å². The van der Waals surface area contributed by atoms with Gasteiger partial charge in [-0.25, -0.2) is 0 Å². The van der Waals surface area contributed by atoms with Crippen LogP contribution in [0.1, 0.15) is 168 Å². The molecule has 0 bridgehead atoms. The van der Waals surface area contributed by atoms with Gasteiger partial charge in [0, 0.05) is 6.04 Å². The zero-order valence-electron chi connectivity index (χ0n) is 21.4. The molecule has 30 heavy (non-hydrogen) atoms. The number of nitrogens with one attached hydrogen (secondary N) is 1. The molecule has 0 aromatic heterocycles. The fourth-order valence-electron chi connectivity index (χ4n) is 4.44. The van der Waals surface area contributed by atoms with Gasteiger partial charge in [-0.2, -0.15) is 0 Å². The number of hydrogen-bond acceptors (Lipinski definition) is 2. The van der Waals surface area contributed by atoms with Gasteiger partial charge in [0.15, 0.2) is 0 Å². The molecule has 2 N–H and O–H groups in total. The Bertz CT molecular complexity index is 307. The Kier molecular flexibility index (Phi) is 25.1. The molecule has 2 heteroatoms. The predicted octanol–water partition coefficient (Wildman–Crippen LogP) is 9.30. The van der Waals surface area contributed by atoms with Gasteiger partial charge < -0.3 is 5.11 Å². The minimum absolute atomic E-state index is 0.319. The van der Waals surface area contributed by atoms with E-state index >= 15 is 0 Å². The quantitative estimate of drug-likeness (QED) is 0.113. The Hall–Kier alpha value is -0.0800. The second kappa shape index (κ2) is 25.2. The lowest BCUT2D eigenvalue weighted by atomic mass is 10.0. The van der Waals surface area contributed by atoms with Crippen molar-refractivity contribution in [3.05, 3.63) is 0 Å². The van der Waals surface area contributed by atoms with Crippen LogP contribution in [0.3, 0.4) is 0 Å². The summed E-state index contributed by atoms with van der Waals surface area (Å²) in [6.45, 7) is 6.55. The van der Waals surface area contributed by atoms with Gasteiger partial charge in [-0.3, -0.25) is 5.32 Å². The zero-order valence-corrected chi connectivity index (χ0v) is 21.4. The van der Waals surface area contributed by atoms with Crippen LogP contribution < -0.4 is 5.32 Å². The van der Waals surface area contributed by atoms with E-state index in [1.54, 1.807) is 0 Å². The molecule has 0 aromatic rings. The first-order valence-corrected chi connectivity index (χ1v) is 14.2. The lowest BCUT2D eigenvalue weighted by molar-refractivity contribution is 0.114. The van der Waals surface area contributed by atoms with E-state index in [0.717, 1.165) is 12.8 Å². The van der Waals surface area contributed by atoms with E-state index in [0.29, 0.717) is 6.04 Å². The summed E-state index contributed by atoms with van der Waals surface area (Å²) in [5.41, 5.74) is 0. The molecule has 0 rings (SSSR count). The van der Waals surface area contributed by atoms with E-state index in [4.69, 9.17) is 0 Å². The third-order valence-electron chi connectivity index (χ3n) is 6.71. The summed E-state index contributed by atoms with van der Waals surface area (Å²) in [4.78, 5) is 0. The van der Waals surface area contributed by atoms with Crippen molar-refractivity contribution in [3.8, 4) is 0 Å². The molecule has 0 fully saturated rings. The number of unbranched alkanes of at least 4 members (excludes halogenated alkanes) is 19. The maximum absolute atomic E-state index is 9.71. The topological polar surface area (TPSA) is 32.3 Å². The SMILES string of the molecule is CCCCCCCCCCCCCCCCCCCCCCC(CC)NC(O)CC. The van der Waals surface area contributed by atoms with Crippen LogP contribution in [-0.4, -0.2) is 17.4 Å². The highest BCUT2D eigenvalue weighted by Gasteiger charge is 2.09. The summed E-state index contributed by atoms with van der Waals surface area (Å²) in [5.74, 6) is 0. The average Bonchev–Trinajstić information content (AvgIpc) is 2.76. The molecular formula is C28H59NO. The van der Waals surface area contributed by atoms with Crippen LogP contribution in [0.15, 0.2) is 0 Å². The third-order valence-corrected chi connectivity index (χ3v) is 6.71. The van der Waals surface area contributed by atoms with Crippen LogP contribution in [0, 0.1) is 0 Å². The van der Waals surface area contributed by atoms with E-state index in [1.165, 1.54) is 135 Å². The van der Waals surface area contributed by atoms with E-state index in [-0.39, 0.29) is 6.23 Å². The molecule has 0 aromatic carbocycles. The summed E-state index contributed by atoms with van der Waals surface area (Å²) in [6.07, 6.45) is 31.6. The summed E-state index contributed by atoms with van der Waals surface area (Å²) in [6, 6.07) is 0.496. The van der Waals surface area contributed by atoms with E-state index in [9.17, 15) is 5.11 Å². The molecule has 2 nitrogen and oxygen atoms in total. The molecule has 2 unspecified atom stereocenters. The fourth-order valence-corrected chi connectivity index (χ4v) is 4.44. The van der Waals surface area contributed by atoms with E-state index in [2.05, 4.69) is 19.2 Å². The molecule has 0 aliphatic rings. The smallest absolute Gasteiger partial charge is 0.104 e. The fraction of sp³-hybridized carbons (Fsp3) is 1.00. The van der Waals surface area contributed by atoms with Gasteiger partial charge in [0.2, 0.25) is 0 Å². The van der Waals surface area contributed by atoms with Gasteiger partial charge in [0.1, 0.15) is 6.23 Å². The first-order chi connectivity index (χ1) is 14.7. The molecule has 0 spiro atoms. The Morgan fingerprint density at radius 2 is 0.800 bits per heavy atom. The Morgan fingerprint density at radius 1 is 0.467 bits per heavy atom. The van der Waals surface area contributed by atoms with Crippen molar-refractivity contribution < 1.29 is 5.11 Å². The standard InChI is InChI=1S/C28H59NO/c1-4-7-8-9-10-11-12-13-14-15-16-17-18-19-20-21-22-23-24-25-26-27(5-2)29-28(30)6-3/h27-30H,4-26H2,1-3H3. The first kappa shape index (κ1) is 29.9. The molecule has 0 saturated heterocycles. The molecule has 0 aliphatic carbocycles. The monoisotopic (exact) mass is 425 g/mol. The van der Waals surface area contributed by atoms with Crippen LogP contribution >= 0.6 is 0 Å². The number of hydrogen-bond donors (Lipinski definition) is 2. The van der Waals surface area contributed by atoms with Gasteiger partial charge in [-0.05, 0) is 19.3 Å². The van der Waals surface area contributed by atoms with Crippen molar-refractivity contribution in [2.75, 3.05) is 0 Å². The Morgan fingerprint density at radius 3 is 1.10 bits per heavy atom. The zero-order chi connectivity index (χ0) is 22.1. The maximum atomic E-state index is 9.71. The van der Waals surface area contributed by atoms with Crippen molar-refractivity contribution in [1.29, 1.82) is 0 Å². The summed E-state index contributed by atoms with van der Waals surface area (Å²) in [7, 11) is 0. The highest BCUT2D eigenvalue weighted by Crippen LogP contribution is 2.15. The summed E-state index contributed by atoms with van der Waals surface area (Å²) >= 11 is 0. The van der Waals surface area contributed by atoms with Gasteiger partial charge in [0.25, 0.3) is 0 Å².